The van der Waals surface area contributed by atoms with Crippen molar-refractivity contribution in [2.45, 2.75) is 25.8 Å². The summed E-state index contributed by atoms with van der Waals surface area (Å²) >= 11 is 5.99. The number of para-hydroxylation sites is 1. The number of likely N-dealkylation sites (tertiary alicyclic amines) is 1. The lowest BCUT2D eigenvalue weighted by atomic mass is 10.0. The fourth-order valence-corrected chi connectivity index (χ4v) is 2.45. The van der Waals surface area contributed by atoms with Crippen molar-refractivity contribution in [3.8, 4) is 0 Å². The van der Waals surface area contributed by atoms with Gasteiger partial charge in [0.25, 0.3) is 0 Å². The van der Waals surface area contributed by atoms with Gasteiger partial charge in [-0.1, -0.05) is 24.6 Å². The minimum absolute atomic E-state index is 0.268. The van der Waals surface area contributed by atoms with Crippen LogP contribution in [0.15, 0.2) is 18.2 Å². The molecule has 2 rings (SSSR count). The molecule has 0 bridgehead atoms. The van der Waals surface area contributed by atoms with Crippen molar-refractivity contribution < 1.29 is 4.39 Å². The summed E-state index contributed by atoms with van der Waals surface area (Å²) in [5.41, 5.74) is 0.448. The van der Waals surface area contributed by atoms with E-state index >= 15 is 0 Å². The highest BCUT2D eigenvalue weighted by Gasteiger charge is 2.19. The van der Waals surface area contributed by atoms with Crippen molar-refractivity contribution in [3.05, 3.63) is 29.0 Å². The first-order valence-electron chi connectivity index (χ1n) is 6.13. The van der Waals surface area contributed by atoms with Gasteiger partial charge in [0.2, 0.25) is 0 Å². The molecule has 0 aliphatic carbocycles. The largest absolute Gasteiger partial charge is 0.379 e. The zero-order chi connectivity index (χ0) is 12.3. The van der Waals surface area contributed by atoms with E-state index in [-0.39, 0.29) is 5.82 Å². The number of hydrogen-bond donors (Lipinski definition) is 1. The molecule has 1 aromatic carbocycles. The smallest absolute Gasteiger partial charge is 0.147 e. The van der Waals surface area contributed by atoms with Crippen molar-refractivity contribution in [2.75, 3.05) is 25.0 Å². The van der Waals surface area contributed by atoms with Gasteiger partial charge >= 0.3 is 0 Å². The molecule has 0 atom stereocenters. The van der Waals surface area contributed by atoms with Crippen LogP contribution in [0.1, 0.15) is 19.8 Å². The van der Waals surface area contributed by atoms with Gasteiger partial charge in [-0.25, -0.2) is 4.39 Å². The van der Waals surface area contributed by atoms with Crippen LogP contribution in [0, 0.1) is 5.82 Å². The molecule has 0 radical (unpaired) electrons. The first kappa shape index (κ1) is 12.7. The highest BCUT2D eigenvalue weighted by atomic mass is 35.5. The molecule has 1 heterocycles. The first-order valence-corrected chi connectivity index (χ1v) is 6.51. The minimum atomic E-state index is -0.268. The molecule has 4 heteroatoms. The number of nitrogens with zero attached hydrogens (tertiary/aromatic N) is 1. The van der Waals surface area contributed by atoms with Crippen molar-refractivity contribution in [1.82, 2.24) is 4.90 Å². The van der Waals surface area contributed by atoms with Crippen LogP contribution in [0.3, 0.4) is 0 Å². The predicted octanol–water partition coefficient (Wildman–Crippen LogP) is 3.38. The molecule has 0 aromatic heterocycles. The second-order valence-electron chi connectivity index (χ2n) is 4.45. The Labute approximate surface area is 107 Å². The van der Waals surface area contributed by atoms with Gasteiger partial charge in [0.1, 0.15) is 5.82 Å². The van der Waals surface area contributed by atoms with Crippen LogP contribution < -0.4 is 5.32 Å². The maximum absolute atomic E-state index is 13.6. The lowest BCUT2D eigenvalue weighted by molar-refractivity contribution is 0.229. The molecule has 0 unspecified atom stereocenters. The van der Waals surface area contributed by atoms with Crippen molar-refractivity contribution >= 4 is 17.3 Å². The summed E-state index contributed by atoms with van der Waals surface area (Å²) in [6, 6.07) is 5.11. The number of hydrogen-bond acceptors (Lipinski definition) is 2. The van der Waals surface area contributed by atoms with Crippen molar-refractivity contribution in [3.63, 3.8) is 0 Å². The molecular weight excluding hydrogens is 239 g/mol. The van der Waals surface area contributed by atoms with Gasteiger partial charge in [0, 0.05) is 19.1 Å². The van der Waals surface area contributed by atoms with Gasteiger partial charge in [-0.3, -0.25) is 0 Å². The van der Waals surface area contributed by atoms with Crippen LogP contribution in [-0.2, 0) is 0 Å². The van der Waals surface area contributed by atoms with E-state index in [9.17, 15) is 4.39 Å². The average molecular weight is 257 g/mol. The molecule has 0 spiro atoms. The van der Waals surface area contributed by atoms with E-state index < -0.39 is 0 Å². The molecule has 94 valence electrons. The van der Waals surface area contributed by atoms with E-state index in [1.54, 1.807) is 12.1 Å². The van der Waals surface area contributed by atoms with Crippen LogP contribution in [0.25, 0.3) is 0 Å². The maximum atomic E-state index is 13.6. The zero-order valence-electron chi connectivity index (χ0n) is 10.0. The van der Waals surface area contributed by atoms with Crippen LogP contribution in [0.5, 0.6) is 0 Å². The van der Waals surface area contributed by atoms with Crippen LogP contribution in [0.2, 0.25) is 5.02 Å². The molecule has 17 heavy (non-hydrogen) atoms. The van der Waals surface area contributed by atoms with E-state index in [0.717, 1.165) is 32.5 Å². The molecule has 1 fully saturated rings. The SMILES string of the molecule is CCN1CCC(Nc2c(F)cccc2Cl)CC1. The molecule has 0 saturated carbocycles. The van der Waals surface area contributed by atoms with Gasteiger partial charge in [-0.15, -0.1) is 0 Å². The Hall–Kier alpha value is -0.800. The van der Waals surface area contributed by atoms with Crippen molar-refractivity contribution in [2.24, 2.45) is 0 Å². The third kappa shape index (κ3) is 3.11. The van der Waals surface area contributed by atoms with E-state index in [1.165, 1.54) is 6.07 Å². The monoisotopic (exact) mass is 256 g/mol. The fraction of sp³-hybridized carbons (Fsp3) is 0.538. The molecule has 1 aliphatic heterocycles. The number of nitrogens with one attached hydrogen (secondary N) is 1. The summed E-state index contributed by atoms with van der Waals surface area (Å²) in [5.74, 6) is -0.268. The summed E-state index contributed by atoms with van der Waals surface area (Å²) < 4.78 is 13.6. The molecule has 1 saturated heterocycles. The van der Waals surface area contributed by atoms with Gasteiger partial charge < -0.3 is 10.2 Å². The van der Waals surface area contributed by atoms with Gasteiger partial charge in [0.15, 0.2) is 0 Å². The second kappa shape index (κ2) is 5.69. The predicted molar refractivity (Wildman–Crippen MR) is 70.2 cm³/mol. The molecule has 0 amide bonds. The Balaban J connectivity index is 1.98. The lowest BCUT2D eigenvalue weighted by Gasteiger charge is -2.32. The maximum Gasteiger partial charge on any atom is 0.147 e. The van der Waals surface area contributed by atoms with E-state index in [2.05, 4.69) is 17.1 Å². The first-order chi connectivity index (χ1) is 8.20. The van der Waals surface area contributed by atoms with Crippen LogP contribution >= 0.6 is 11.6 Å². The molecule has 1 aliphatic rings. The summed E-state index contributed by atoms with van der Waals surface area (Å²) in [5, 5.41) is 3.69. The Morgan fingerprint density at radius 1 is 1.41 bits per heavy atom. The quantitative estimate of drug-likeness (QED) is 0.892. The number of halogens is 2. The normalized spacial score (nSPS) is 18.3. The Morgan fingerprint density at radius 3 is 2.71 bits per heavy atom. The third-order valence-corrected chi connectivity index (χ3v) is 3.66. The Morgan fingerprint density at radius 2 is 2.12 bits per heavy atom. The van der Waals surface area contributed by atoms with E-state index in [4.69, 9.17) is 11.6 Å². The van der Waals surface area contributed by atoms with Crippen LogP contribution in [-0.4, -0.2) is 30.6 Å². The summed E-state index contributed by atoms with van der Waals surface area (Å²) in [6.45, 7) is 5.40. The third-order valence-electron chi connectivity index (χ3n) is 3.35. The van der Waals surface area contributed by atoms with Gasteiger partial charge in [0.05, 0.1) is 10.7 Å². The van der Waals surface area contributed by atoms with E-state index in [0.29, 0.717) is 16.8 Å². The number of anilines is 1. The Kier molecular flexibility index (Phi) is 4.24. The van der Waals surface area contributed by atoms with Gasteiger partial charge in [-0.05, 0) is 31.5 Å². The average Bonchev–Trinajstić information content (AvgIpc) is 2.35. The molecule has 1 aromatic rings. The topological polar surface area (TPSA) is 15.3 Å². The molecule has 2 nitrogen and oxygen atoms in total. The summed E-state index contributed by atoms with van der Waals surface area (Å²) in [7, 11) is 0. The fourth-order valence-electron chi connectivity index (χ4n) is 2.23. The lowest BCUT2D eigenvalue weighted by Crippen LogP contribution is -2.39. The molecular formula is C13H18ClFN2. The second-order valence-corrected chi connectivity index (χ2v) is 4.86. The highest BCUT2D eigenvalue weighted by Crippen LogP contribution is 2.27. The zero-order valence-corrected chi connectivity index (χ0v) is 10.8. The minimum Gasteiger partial charge on any atom is -0.379 e. The van der Waals surface area contributed by atoms with Crippen molar-refractivity contribution in [1.29, 1.82) is 0 Å². The summed E-state index contributed by atoms with van der Waals surface area (Å²) in [4.78, 5) is 2.40. The van der Waals surface area contributed by atoms with Crippen LogP contribution in [0.4, 0.5) is 10.1 Å². The Bertz CT molecular complexity index is 355. The number of piperidine rings is 1. The molecule has 1 N–H and O–H groups in total. The van der Waals surface area contributed by atoms with Gasteiger partial charge in [-0.2, -0.15) is 0 Å². The summed E-state index contributed by atoms with van der Waals surface area (Å²) in [6.07, 6.45) is 2.08. The number of rotatable bonds is 3. The standard InChI is InChI=1S/C13H18ClFN2/c1-2-17-8-6-10(7-9-17)16-13-11(14)4-3-5-12(13)15/h3-5,10,16H,2,6-9H2,1H3. The van der Waals surface area contributed by atoms with E-state index in [1.807, 2.05) is 0 Å². The highest BCUT2D eigenvalue weighted by molar-refractivity contribution is 6.33. The number of benzene rings is 1.